The molecule has 3 rings (SSSR count). The summed E-state index contributed by atoms with van der Waals surface area (Å²) in [7, 11) is 0. The third-order valence-electron chi connectivity index (χ3n) is 6.47. The summed E-state index contributed by atoms with van der Waals surface area (Å²) in [6, 6.07) is 8.16. The van der Waals surface area contributed by atoms with Crippen LogP contribution >= 0.6 is 11.3 Å². The van der Waals surface area contributed by atoms with Crippen molar-refractivity contribution in [3.63, 3.8) is 0 Å². The van der Waals surface area contributed by atoms with Gasteiger partial charge in [-0.15, -0.1) is 11.3 Å². The van der Waals surface area contributed by atoms with Gasteiger partial charge in [0.25, 0.3) is 0 Å². The van der Waals surface area contributed by atoms with E-state index in [0.717, 1.165) is 49.5 Å². The highest BCUT2D eigenvalue weighted by Crippen LogP contribution is 2.40. The van der Waals surface area contributed by atoms with Gasteiger partial charge in [-0.1, -0.05) is 25.3 Å². The van der Waals surface area contributed by atoms with Crippen molar-refractivity contribution >= 4 is 27.2 Å². The molecule has 0 saturated heterocycles. The van der Waals surface area contributed by atoms with E-state index in [0.29, 0.717) is 19.3 Å². The number of hydrogen-bond acceptors (Lipinski definition) is 5. The van der Waals surface area contributed by atoms with Crippen molar-refractivity contribution in [3.05, 3.63) is 35.2 Å². The van der Waals surface area contributed by atoms with Crippen molar-refractivity contribution in [2.75, 3.05) is 0 Å². The van der Waals surface area contributed by atoms with Gasteiger partial charge in [0.2, 0.25) is 0 Å². The molecule has 29 heavy (non-hydrogen) atoms. The Labute approximate surface area is 177 Å². The monoisotopic (exact) mass is 418 g/mol. The van der Waals surface area contributed by atoms with E-state index in [1.54, 1.807) is 18.3 Å². The molecule has 1 fully saturated rings. The lowest BCUT2D eigenvalue weighted by molar-refractivity contribution is -0.117. The van der Waals surface area contributed by atoms with Crippen LogP contribution in [-0.2, 0) is 4.79 Å². The standard InChI is InChI=1S/C24H34O4S/c1-16(25)6-4-2-3-5-7-19-20(23(28)15-22(19)27)9-10-21(26)17-8-11-24-18(14-17)12-13-29-24/h8,11-14,19-23,26-28H,2-7,9-10,15H2,1H3/t19-,20-,21?,22+,23-/m1/s1. The van der Waals surface area contributed by atoms with E-state index in [1.807, 2.05) is 6.07 Å². The quantitative estimate of drug-likeness (QED) is 0.449. The zero-order chi connectivity index (χ0) is 20.8. The summed E-state index contributed by atoms with van der Waals surface area (Å²) in [5, 5.41) is 34.7. The second-order valence-corrected chi connectivity index (χ2v) is 9.61. The van der Waals surface area contributed by atoms with E-state index >= 15 is 0 Å². The number of thiophene rings is 1. The van der Waals surface area contributed by atoms with Gasteiger partial charge in [-0.3, -0.25) is 0 Å². The number of rotatable bonds is 11. The zero-order valence-corrected chi connectivity index (χ0v) is 18.1. The van der Waals surface area contributed by atoms with Gasteiger partial charge in [0.1, 0.15) is 5.78 Å². The molecule has 1 aliphatic rings. The van der Waals surface area contributed by atoms with Crippen molar-refractivity contribution < 1.29 is 20.1 Å². The van der Waals surface area contributed by atoms with Gasteiger partial charge in [-0.05, 0) is 85.4 Å². The minimum atomic E-state index is -0.545. The Morgan fingerprint density at radius 3 is 2.55 bits per heavy atom. The number of aliphatic hydroxyl groups is 3. The number of ketones is 1. The molecule has 1 aliphatic carbocycles. The van der Waals surface area contributed by atoms with Crippen LogP contribution in [0, 0.1) is 11.8 Å². The topological polar surface area (TPSA) is 77.8 Å². The van der Waals surface area contributed by atoms with Crippen molar-refractivity contribution in [2.45, 2.75) is 83.0 Å². The van der Waals surface area contributed by atoms with Gasteiger partial charge < -0.3 is 20.1 Å². The summed E-state index contributed by atoms with van der Waals surface area (Å²) in [5.74, 6) is 0.391. The summed E-state index contributed by atoms with van der Waals surface area (Å²) >= 11 is 1.70. The first-order chi connectivity index (χ1) is 14.0. The van der Waals surface area contributed by atoms with E-state index in [1.165, 1.54) is 4.70 Å². The van der Waals surface area contributed by atoms with Crippen LogP contribution in [0.1, 0.15) is 76.4 Å². The molecular formula is C24H34O4S. The van der Waals surface area contributed by atoms with Crippen LogP contribution in [-0.4, -0.2) is 33.3 Å². The number of benzene rings is 1. The highest BCUT2D eigenvalue weighted by molar-refractivity contribution is 7.17. The van der Waals surface area contributed by atoms with E-state index in [2.05, 4.69) is 23.6 Å². The first-order valence-corrected chi connectivity index (χ1v) is 11.8. The number of carbonyl (C=O) groups excluding carboxylic acids is 1. The fourth-order valence-corrected chi connectivity index (χ4v) is 5.57. The first kappa shape index (κ1) is 22.4. The molecular weight excluding hydrogens is 384 g/mol. The van der Waals surface area contributed by atoms with Crippen molar-refractivity contribution in [3.8, 4) is 0 Å². The smallest absolute Gasteiger partial charge is 0.129 e. The molecule has 5 heteroatoms. The van der Waals surface area contributed by atoms with Crippen molar-refractivity contribution in [2.24, 2.45) is 11.8 Å². The molecule has 1 heterocycles. The summed E-state index contributed by atoms with van der Waals surface area (Å²) in [5.41, 5.74) is 0.922. The van der Waals surface area contributed by atoms with Gasteiger partial charge >= 0.3 is 0 Å². The van der Waals surface area contributed by atoms with Gasteiger partial charge in [0, 0.05) is 11.1 Å². The maximum atomic E-state index is 11.0. The lowest BCUT2D eigenvalue weighted by Gasteiger charge is -2.24. The molecule has 0 radical (unpaired) electrons. The van der Waals surface area contributed by atoms with Crippen LogP contribution in [0.15, 0.2) is 29.6 Å². The van der Waals surface area contributed by atoms with Crippen molar-refractivity contribution in [1.29, 1.82) is 0 Å². The SMILES string of the molecule is CC(=O)CCCCCC[C@@H]1[C@@H](CCC(O)c2ccc3sccc3c2)[C@H](O)C[C@@H]1O. The molecule has 1 saturated carbocycles. The molecule has 160 valence electrons. The Morgan fingerprint density at radius 2 is 1.79 bits per heavy atom. The van der Waals surface area contributed by atoms with Crippen LogP contribution in [0.4, 0.5) is 0 Å². The molecule has 0 amide bonds. The highest BCUT2D eigenvalue weighted by Gasteiger charge is 2.40. The molecule has 4 nitrogen and oxygen atoms in total. The van der Waals surface area contributed by atoms with E-state index in [-0.39, 0.29) is 17.6 Å². The number of Topliss-reactive ketones (excluding diaryl/α,β-unsaturated/α-hetero) is 1. The van der Waals surface area contributed by atoms with E-state index in [4.69, 9.17) is 0 Å². The third-order valence-corrected chi connectivity index (χ3v) is 7.37. The third kappa shape index (κ3) is 6.11. The van der Waals surface area contributed by atoms with Crippen LogP contribution < -0.4 is 0 Å². The van der Waals surface area contributed by atoms with Gasteiger partial charge in [0.15, 0.2) is 0 Å². The molecule has 0 aliphatic heterocycles. The number of unbranched alkanes of at least 4 members (excludes halogenated alkanes) is 3. The van der Waals surface area contributed by atoms with Crippen molar-refractivity contribution in [1.82, 2.24) is 0 Å². The fraction of sp³-hybridized carbons (Fsp3) is 0.625. The molecule has 1 unspecified atom stereocenters. The fourth-order valence-electron chi connectivity index (χ4n) is 4.80. The Bertz CT molecular complexity index is 786. The van der Waals surface area contributed by atoms with Gasteiger partial charge in [-0.2, -0.15) is 0 Å². The van der Waals surface area contributed by atoms with Crippen LogP contribution in [0.25, 0.3) is 10.1 Å². The van der Waals surface area contributed by atoms with E-state index in [9.17, 15) is 20.1 Å². The summed E-state index contributed by atoms with van der Waals surface area (Å²) in [4.78, 5) is 11.0. The zero-order valence-electron chi connectivity index (χ0n) is 17.3. The number of carbonyl (C=O) groups is 1. The molecule has 1 aromatic carbocycles. The minimum absolute atomic E-state index is 0.0433. The van der Waals surface area contributed by atoms with Gasteiger partial charge in [-0.25, -0.2) is 0 Å². The van der Waals surface area contributed by atoms with Gasteiger partial charge in [0.05, 0.1) is 18.3 Å². The van der Waals surface area contributed by atoms with E-state index < -0.39 is 18.3 Å². The Hall–Kier alpha value is -1.27. The average Bonchev–Trinajstić information content (AvgIpc) is 3.25. The lowest BCUT2D eigenvalue weighted by Crippen LogP contribution is -2.23. The lowest BCUT2D eigenvalue weighted by atomic mass is 9.84. The second kappa shape index (κ2) is 10.7. The second-order valence-electron chi connectivity index (χ2n) is 8.66. The average molecular weight is 419 g/mol. The maximum Gasteiger partial charge on any atom is 0.129 e. The van der Waals surface area contributed by atoms with Crippen LogP contribution in [0.5, 0.6) is 0 Å². The molecule has 3 N–H and O–H groups in total. The molecule has 2 aromatic rings. The summed E-state index contributed by atoms with van der Waals surface area (Å²) in [6.07, 6.45) is 5.88. The predicted molar refractivity (Wildman–Crippen MR) is 118 cm³/mol. The maximum absolute atomic E-state index is 11.0. The molecule has 0 spiro atoms. The Balaban J connectivity index is 1.48. The first-order valence-electron chi connectivity index (χ1n) is 11.0. The summed E-state index contributed by atoms with van der Waals surface area (Å²) in [6.45, 7) is 1.63. The number of fused-ring (bicyclic) bond motifs is 1. The molecule has 1 aromatic heterocycles. The largest absolute Gasteiger partial charge is 0.393 e. The van der Waals surface area contributed by atoms with Crippen LogP contribution in [0.3, 0.4) is 0 Å². The Kier molecular flexibility index (Phi) is 8.25. The predicted octanol–water partition coefficient (Wildman–Crippen LogP) is 5.00. The normalized spacial score (nSPS) is 25.5. The molecule has 5 atom stereocenters. The Morgan fingerprint density at radius 1 is 1.07 bits per heavy atom. The minimum Gasteiger partial charge on any atom is -0.393 e. The molecule has 0 bridgehead atoms. The van der Waals surface area contributed by atoms with Crippen LogP contribution in [0.2, 0.25) is 0 Å². The highest BCUT2D eigenvalue weighted by atomic mass is 32.1. The number of aliphatic hydroxyl groups excluding tert-OH is 3. The number of hydrogen-bond donors (Lipinski definition) is 3. The summed E-state index contributed by atoms with van der Waals surface area (Å²) < 4.78 is 1.22.